The van der Waals surface area contributed by atoms with Crippen LogP contribution in [0.4, 0.5) is 0 Å². The van der Waals surface area contributed by atoms with E-state index in [1.54, 1.807) is 6.07 Å². The van der Waals surface area contributed by atoms with Gasteiger partial charge in [0.2, 0.25) is 15.9 Å². The molecule has 1 aliphatic rings. The molecule has 1 aliphatic carbocycles. The van der Waals surface area contributed by atoms with Gasteiger partial charge in [-0.2, -0.15) is 0 Å². The van der Waals surface area contributed by atoms with E-state index in [4.69, 9.17) is 0 Å². The summed E-state index contributed by atoms with van der Waals surface area (Å²) in [5, 5.41) is 12.9. The molecule has 0 unspecified atom stereocenters. The summed E-state index contributed by atoms with van der Waals surface area (Å²) in [6, 6.07) is 2.99. The zero-order chi connectivity index (χ0) is 16.8. The third-order valence-corrected chi connectivity index (χ3v) is 5.40. The maximum atomic E-state index is 11.9. The Bertz CT molecular complexity index is 613. The van der Waals surface area contributed by atoms with E-state index in [2.05, 4.69) is 15.0 Å². The van der Waals surface area contributed by atoms with Crippen molar-refractivity contribution < 1.29 is 18.3 Å². The van der Waals surface area contributed by atoms with Gasteiger partial charge in [-0.3, -0.25) is 9.78 Å². The quantitative estimate of drug-likeness (QED) is 0.628. The number of aromatic nitrogens is 1. The Morgan fingerprint density at radius 3 is 2.65 bits per heavy atom. The summed E-state index contributed by atoms with van der Waals surface area (Å²) in [5.74, 6) is -0.255. The van der Waals surface area contributed by atoms with Gasteiger partial charge >= 0.3 is 0 Å². The smallest absolute Gasteiger partial charge is 0.242 e. The van der Waals surface area contributed by atoms with Crippen molar-refractivity contribution in [3.63, 3.8) is 0 Å². The van der Waals surface area contributed by atoms with Crippen LogP contribution in [0.3, 0.4) is 0 Å². The Balaban J connectivity index is 1.72. The van der Waals surface area contributed by atoms with Crippen LogP contribution in [0.25, 0.3) is 0 Å². The average Bonchev–Trinajstić information content (AvgIpc) is 2.53. The molecule has 1 aromatic rings. The molecule has 1 amide bonds. The summed E-state index contributed by atoms with van der Waals surface area (Å²) in [4.78, 5) is 15.7. The first-order valence-electron chi connectivity index (χ1n) is 7.80. The predicted octanol–water partition coefficient (Wildman–Crippen LogP) is 0.561. The molecule has 23 heavy (non-hydrogen) atoms. The monoisotopic (exact) mass is 341 g/mol. The first-order chi connectivity index (χ1) is 10.9. The number of hydrogen-bond acceptors (Lipinski definition) is 5. The van der Waals surface area contributed by atoms with E-state index in [1.165, 1.54) is 18.5 Å². The Morgan fingerprint density at radius 1 is 1.26 bits per heavy atom. The Hall–Kier alpha value is -1.51. The van der Waals surface area contributed by atoms with Gasteiger partial charge in [0.25, 0.3) is 0 Å². The van der Waals surface area contributed by atoms with Crippen molar-refractivity contribution in [3.8, 4) is 0 Å². The minimum absolute atomic E-state index is 0.0718. The average molecular weight is 341 g/mol. The number of nitrogens with zero attached hydrogens (tertiary/aromatic N) is 1. The van der Waals surface area contributed by atoms with Gasteiger partial charge in [0.1, 0.15) is 4.90 Å². The molecule has 1 heterocycles. The van der Waals surface area contributed by atoms with Crippen molar-refractivity contribution in [1.29, 1.82) is 0 Å². The van der Waals surface area contributed by atoms with Gasteiger partial charge in [-0.05, 0) is 25.0 Å². The molecule has 8 heteroatoms. The first-order valence-corrected chi connectivity index (χ1v) is 9.28. The van der Waals surface area contributed by atoms with E-state index >= 15 is 0 Å². The van der Waals surface area contributed by atoms with Crippen LogP contribution in [0, 0.1) is 0 Å². The van der Waals surface area contributed by atoms with Crippen molar-refractivity contribution in [2.75, 3.05) is 13.1 Å². The summed E-state index contributed by atoms with van der Waals surface area (Å²) in [5.41, 5.74) is -0.905. The molecule has 0 spiro atoms. The van der Waals surface area contributed by atoms with Crippen molar-refractivity contribution >= 4 is 15.9 Å². The highest BCUT2D eigenvalue weighted by atomic mass is 32.2. The molecule has 7 nitrogen and oxygen atoms in total. The second-order valence-corrected chi connectivity index (χ2v) is 7.67. The summed E-state index contributed by atoms with van der Waals surface area (Å²) in [7, 11) is -3.61. The van der Waals surface area contributed by atoms with Crippen LogP contribution in [0.15, 0.2) is 29.4 Å². The van der Waals surface area contributed by atoms with Gasteiger partial charge in [-0.25, -0.2) is 13.1 Å². The van der Waals surface area contributed by atoms with E-state index in [0.29, 0.717) is 12.8 Å². The van der Waals surface area contributed by atoms with Gasteiger partial charge in [0, 0.05) is 25.5 Å². The Kier molecular flexibility index (Phi) is 6.09. The maximum absolute atomic E-state index is 11.9. The van der Waals surface area contributed by atoms with E-state index in [1.807, 2.05) is 0 Å². The van der Waals surface area contributed by atoms with Gasteiger partial charge < -0.3 is 10.4 Å². The first kappa shape index (κ1) is 17.8. The number of sulfonamides is 1. The molecule has 0 atom stereocenters. The van der Waals surface area contributed by atoms with Gasteiger partial charge in [0.05, 0.1) is 12.0 Å². The number of hydrogen-bond donors (Lipinski definition) is 3. The summed E-state index contributed by atoms with van der Waals surface area (Å²) >= 11 is 0. The van der Waals surface area contributed by atoms with E-state index in [0.717, 1.165) is 19.3 Å². The lowest BCUT2D eigenvalue weighted by Crippen LogP contribution is -2.40. The number of amides is 1. The van der Waals surface area contributed by atoms with Crippen LogP contribution in [0.1, 0.15) is 38.5 Å². The SMILES string of the molecule is O=C(CC1(O)CCCCC1)NCCNS(=O)(=O)c1cccnc1. The molecule has 0 saturated heterocycles. The fraction of sp³-hybridized carbons (Fsp3) is 0.600. The zero-order valence-electron chi connectivity index (χ0n) is 13.0. The molecular weight excluding hydrogens is 318 g/mol. The number of carbonyl (C=O) groups excluding carboxylic acids is 1. The van der Waals surface area contributed by atoms with Crippen molar-refractivity contribution in [3.05, 3.63) is 24.5 Å². The molecule has 1 fully saturated rings. The number of pyridine rings is 1. The van der Waals surface area contributed by atoms with E-state index in [-0.39, 0.29) is 30.3 Å². The summed E-state index contributed by atoms with van der Waals surface area (Å²) in [6.07, 6.45) is 7.10. The number of rotatable bonds is 7. The lowest BCUT2D eigenvalue weighted by Gasteiger charge is -2.31. The topological polar surface area (TPSA) is 108 Å². The molecule has 1 aromatic heterocycles. The standard InChI is InChI=1S/C15H23N3O4S/c19-14(11-15(20)6-2-1-3-7-15)17-9-10-18-23(21,22)13-5-4-8-16-12-13/h4-5,8,12,18,20H,1-3,6-7,9-11H2,(H,17,19). The normalized spacial score (nSPS) is 17.6. The van der Waals surface area contributed by atoms with Crippen LogP contribution in [-0.4, -0.2) is 43.1 Å². The lowest BCUT2D eigenvalue weighted by atomic mass is 9.82. The van der Waals surface area contributed by atoms with Crippen molar-refractivity contribution in [2.45, 2.75) is 49.0 Å². The fourth-order valence-corrected chi connectivity index (χ4v) is 3.72. The lowest BCUT2D eigenvalue weighted by molar-refractivity contribution is -0.127. The van der Waals surface area contributed by atoms with E-state index < -0.39 is 15.6 Å². The predicted molar refractivity (Wildman–Crippen MR) is 85.1 cm³/mol. The van der Waals surface area contributed by atoms with Crippen molar-refractivity contribution in [2.24, 2.45) is 0 Å². The minimum Gasteiger partial charge on any atom is -0.389 e. The van der Waals surface area contributed by atoms with E-state index in [9.17, 15) is 18.3 Å². The number of aliphatic hydroxyl groups is 1. The second-order valence-electron chi connectivity index (χ2n) is 5.90. The molecule has 128 valence electrons. The van der Waals surface area contributed by atoms with Crippen LogP contribution in [0.2, 0.25) is 0 Å². The van der Waals surface area contributed by atoms with Gasteiger partial charge in [0.15, 0.2) is 0 Å². The molecule has 0 bridgehead atoms. The highest BCUT2D eigenvalue weighted by Crippen LogP contribution is 2.30. The second kappa shape index (κ2) is 7.85. The third kappa shape index (κ3) is 5.56. The third-order valence-electron chi connectivity index (χ3n) is 3.96. The van der Waals surface area contributed by atoms with Crippen LogP contribution in [0.5, 0.6) is 0 Å². The minimum atomic E-state index is -3.61. The Labute approximate surface area is 136 Å². The molecule has 2 rings (SSSR count). The molecule has 0 aromatic carbocycles. The van der Waals surface area contributed by atoms with Crippen LogP contribution >= 0.6 is 0 Å². The summed E-state index contributed by atoms with van der Waals surface area (Å²) in [6.45, 7) is 0.260. The van der Waals surface area contributed by atoms with Crippen LogP contribution in [-0.2, 0) is 14.8 Å². The highest BCUT2D eigenvalue weighted by Gasteiger charge is 2.31. The molecule has 0 radical (unpaired) electrons. The Morgan fingerprint density at radius 2 is 2.00 bits per heavy atom. The number of carbonyl (C=O) groups is 1. The fourth-order valence-electron chi connectivity index (χ4n) is 2.72. The molecule has 0 aliphatic heterocycles. The zero-order valence-corrected chi connectivity index (χ0v) is 13.8. The highest BCUT2D eigenvalue weighted by molar-refractivity contribution is 7.89. The largest absolute Gasteiger partial charge is 0.389 e. The molecule has 1 saturated carbocycles. The number of nitrogens with one attached hydrogen (secondary N) is 2. The maximum Gasteiger partial charge on any atom is 0.242 e. The molecule has 3 N–H and O–H groups in total. The van der Waals surface area contributed by atoms with Gasteiger partial charge in [-0.1, -0.05) is 19.3 Å². The van der Waals surface area contributed by atoms with Crippen molar-refractivity contribution in [1.82, 2.24) is 15.0 Å². The van der Waals surface area contributed by atoms with Crippen LogP contribution < -0.4 is 10.0 Å². The summed E-state index contributed by atoms with van der Waals surface area (Å²) < 4.78 is 26.3. The van der Waals surface area contributed by atoms with Gasteiger partial charge in [-0.15, -0.1) is 0 Å². The molecular formula is C15H23N3O4S.